The van der Waals surface area contributed by atoms with E-state index in [-0.39, 0.29) is 5.91 Å². The average Bonchev–Trinajstić information content (AvgIpc) is 3.25. The second-order valence-electron chi connectivity index (χ2n) is 7.68. The van der Waals surface area contributed by atoms with Gasteiger partial charge in [-0.15, -0.1) is 0 Å². The lowest BCUT2D eigenvalue weighted by atomic mass is 9.86. The summed E-state index contributed by atoms with van der Waals surface area (Å²) in [5.41, 5.74) is 2.43. The van der Waals surface area contributed by atoms with Crippen LogP contribution < -0.4 is 5.32 Å². The van der Waals surface area contributed by atoms with Crippen LogP contribution in [-0.4, -0.2) is 55.9 Å². The first kappa shape index (κ1) is 17.8. The number of hydrogen-bond donors (Lipinski definition) is 1. The fraction of sp³-hybridized carbons (Fsp3) is 0.600. The Hall–Kier alpha value is -2.04. The number of nitrogens with one attached hydrogen (secondary N) is 1. The molecule has 0 bridgehead atoms. The molecular formula is C20H30N4O. The predicted molar refractivity (Wildman–Crippen MR) is 102 cm³/mol. The largest absolute Gasteiger partial charge is 0.352 e. The summed E-state index contributed by atoms with van der Waals surface area (Å²) in [6.07, 6.45) is 6.83. The Morgan fingerprint density at radius 1 is 1.20 bits per heavy atom. The number of likely N-dealkylation sites (tertiary alicyclic amines) is 1. The van der Waals surface area contributed by atoms with Gasteiger partial charge in [0.1, 0.15) is 0 Å². The number of benzene rings is 1. The second-order valence-corrected chi connectivity index (χ2v) is 7.68. The van der Waals surface area contributed by atoms with Crippen LogP contribution in [0.3, 0.4) is 0 Å². The van der Waals surface area contributed by atoms with E-state index in [0.29, 0.717) is 5.41 Å². The molecule has 1 aromatic rings. The van der Waals surface area contributed by atoms with Gasteiger partial charge in [0, 0.05) is 46.3 Å². The van der Waals surface area contributed by atoms with Crippen molar-refractivity contribution in [2.24, 2.45) is 10.4 Å². The Morgan fingerprint density at radius 3 is 2.48 bits per heavy atom. The van der Waals surface area contributed by atoms with Crippen LogP contribution in [0.5, 0.6) is 0 Å². The number of nitrogens with zero attached hydrogens (tertiary/aromatic N) is 3. The number of carbonyl (C=O) groups is 1. The maximum Gasteiger partial charge on any atom is 0.253 e. The molecular weight excluding hydrogens is 312 g/mol. The van der Waals surface area contributed by atoms with E-state index in [4.69, 9.17) is 0 Å². The van der Waals surface area contributed by atoms with Crippen molar-refractivity contribution in [1.82, 2.24) is 15.1 Å². The van der Waals surface area contributed by atoms with E-state index in [0.717, 1.165) is 36.7 Å². The summed E-state index contributed by atoms with van der Waals surface area (Å²) in [5, 5.41) is 3.49. The van der Waals surface area contributed by atoms with Crippen LogP contribution in [0.25, 0.3) is 0 Å². The lowest BCUT2D eigenvalue weighted by molar-refractivity contribution is 0.0827. The van der Waals surface area contributed by atoms with Gasteiger partial charge in [0.15, 0.2) is 5.96 Å². The quantitative estimate of drug-likeness (QED) is 0.679. The van der Waals surface area contributed by atoms with Crippen LogP contribution in [0.2, 0.25) is 0 Å². The van der Waals surface area contributed by atoms with Crippen molar-refractivity contribution in [3.05, 3.63) is 35.4 Å². The Kier molecular flexibility index (Phi) is 5.30. The molecule has 1 saturated heterocycles. The molecule has 1 spiro atoms. The van der Waals surface area contributed by atoms with Crippen LogP contribution in [0.15, 0.2) is 29.3 Å². The maximum absolute atomic E-state index is 11.9. The minimum absolute atomic E-state index is 0.0363. The highest BCUT2D eigenvalue weighted by atomic mass is 16.2. The first-order valence-corrected chi connectivity index (χ1v) is 9.29. The molecule has 0 radical (unpaired) electrons. The monoisotopic (exact) mass is 342 g/mol. The Labute approximate surface area is 151 Å². The third-order valence-electron chi connectivity index (χ3n) is 5.67. The van der Waals surface area contributed by atoms with E-state index >= 15 is 0 Å². The molecule has 1 aliphatic heterocycles. The zero-order valence-electron chi connectivity index (χ0n) is 15.7. The standard InChI is InChI=1S/C20H30N4O/c1-21-19(24-13-12-20(15-24)10-4-5-11-20)22-14-16-6-8-17(9-7-16)18(25)23(2)3/h6-9H,4-5,10-15H2,1-3H3,(H,21,22). The van der Waals surface area contributed by atoms with Crippen LogP contribution in [0.4, 0.5) is 0 Å². The molecule has 5 heteroatoms. The fourth-order valence-corrected chi connectivity index (χ4v) is 4.19. The summed E-state index contributed by atoms with van der Waals surface area (Å²) in [6.45, 7) is 2.98. The van der Waals surface area contributed by atoms with Crippen LogP contribution >= 0.6 is 0 Å². The smallest absolute Gasteiger partial charge is 0.253 e. The van der Waals surface area contributed by atoms with Crippen molar-refractivity contribution in [2.75, 3.05) is 34.2 Å². The summed E-state index contributed by atoms with van der Waals surface area (Å²) >= 11 is 0. The van der Waals surface area contributed by atoms with Gasteiger partial charge in [0.2, 0.25) is 0 Å². The molecule has 0 unspecified atom stereocenters. The molecule has 1 aliphatic carbocycles. The summed E-state index contributed by atoms with van der Waals surface area (Å²) in [4.78, 5) is 20.4. The molecule has 1 N–H and O–H groups in total. The molecule has 0 atom stereocenters. The van der Waals surface area contributed by atoms with E-state index in [1.54, 1.807) is 19.0 Å². The number of rotatable bonds is 3. The van der Waals surface area contributed by atoms with E-state index < -0.39 is 0 Å². The topological polar surface area (TPSA) is 47.9 Å². The van der Waals surface area contributed by atoms with Crippen molar-refractivity contribution < 1.29 is 4.79 Å². The summed E-state index contributed by atoms with van der Waals surface area (Å²) in [5.74, 6) is 1.03. The van der Waals surface area contributed by atoms with E-state index in [2.05, 4.69) is 15.2 Å². The van der Waals surface area contributed by atoms with Crippen molar-refractivity contribution in [1.29, 1.82) is 0 Å². The van der Waals surface area contributed by atoms with Gasteiger partial charge in [-0.25, -0.2) is 0 Å². The number of guanidine groups is 1. The summed E-state index contributed by atoms with van der Waals surface area (Å²) < 4.78 is 0. The van der Waals surface area contributed by atoms with Gasteiger partial charge in [0.25, 0.3) is 5.91 Å². The van der Waals surface area contributed by atoms with Crippen LogP contribution in [-0.2, 0) is 6.54 Å². The van der Waals surface area contributed by atoms with Crippen molar-refractivity contribution in [3.63, 3.8) is 0 Å². The number of hydrogen-bond acceptors (Lipinski definition) is 2. The summed E-state index contributed by atoms with van der Waals surface area (Å²) in [7, 11) is 5.41. The lowest BCUT2D eigenvalue weighted by Gasteiger charge is -2.26. The Balaban J connectivity index is 1.56. The minimum Gasteiger partial charge on any atom is -0.352 e. The molecule has 5 nitrogen and oxygen atoms in total. The summed E-state index contributed by atoms with van der Waals surface area (Å²) in [6, 6.07) is 7.82. The molecule has 1 heterocycles. The molecule has 2 aliphatic rings. The van der Waals surface area contributed by atoms with Gasteiger partial charge >= 0.3 is 0 Å². The minimum atomic E-state index is 0.0363. The van der Waals surface area contributed by atoms with Gasteiger partial charge in [-0.1, -0.05) is 25.0 Å². The van der Waals surface area contributed by atoms with Crippen molar-refractivity contribution in [3.8, 4) is 0 Å². The molecule has 1 saturated carbocycles. The average molecular weight is 342 g/mol. The fourth-order valence-electron chi connectivity index (χ4n) is 4.19. The van der Waals surface area contributed by atoms with E-state index in [1.165, 1.54) is 32.1 Å². The highest BCUT2D eigenvalue weighted by Gasteiger charge is 2.41. The molecule has 1 aromatic carbocycles. The number of carbonyl (C=O) groups excluding carboxylic acids is 1. The van der Waals surface area contributed by atoms with E-state index in [9.17, 15) is 4.79 Å². The lowest BCUT2D eigenvalue weighted by Crippen LogP contribution is -2.40. The first-order valence-electron chi connectivity index (χ1n) is 9.29. The van der Waals surface area contributed by atoms with Gasteiger partial charge in [-0.2, -0.15) is 0 Å². The molecule has 1 amide bonds. The van der Waals surface area contributed by atoms with Gasteiger partial charge in [0.05, 0.1) is 0 Å². The van der Waals surface area contributed by atoms with Gasteiger partial charge in [-0.3, -0.25) is 9.79 Å². The van der Waals surface area contributed by atoms with Crippen LogP contribution in [0.1, 0.15) is 48.0 Å². The molecule has 25 heavy (non-hydrogen) atoms. The molecule has 2 fully saturated rings. The maximum atomic E-state index is 11.9. The van der Waals surface area contributed by atoms with E-state index in [1.807, 2.05) is 31.3 Å². The third kappa shape index (κ3) is 3.97. The highest BCUT2D eigenvalue weighted by Crippen LogP contribution is 2.45. The first-order chi connectivity index (χ1) is 12.0. The highest BCUT2D eigenvalue weighted by molar-refractivity contribution is 5.93. The predicted octanol–water partition coefficient (Wildman–Crippen LogP) is 2.73. The van der Waals surface area contributed by atoms with Gasteiger partial charge in [-0.05, 0) is 42.4 Å². The molecule has 136 valence electrons. The zero-order chi connectivity index (χ0) is 17.9. The SMILES string of the molecule is CN=C(NCc1ccc(C(=O)N(C)C)cc1)N1CCC2(CCCC2)C1. The van der Waals surface area contributed by atoms with Crippen molar-refractivity contribution in [2.45, 2.75) is 38.6 Å². The Bertz CT molecular complexity index is 630. The molecule has 3 rings (SSSR count). The molecule has 0 aromatic heterocycles. The van der Waals surface area contributed by atoms with Crippen molar-refractivity contribution >= 4 is 11.9 Å². The third-order valence-corrected chi connectivity index (χ3v) is 5.67. The second kappa shape index (κ2) is 7.46. The number of amides is 1. The van der Waals surface area contributed by atoms with Crippen LogP contribution in [0, 0.1) is 5.41 Å². The van der Waals surface area contributed by atoms with Gasteiger partial charge < -0.3 is 15.1 Å². The zero-order valence-corrected chi connectivity index (χ0v) is 15.7. The normalized spacial score (nSPS) is 19.5. The Morgan fingerprint density at radius 2 is 1.88 bits per heavy atom. The number of aliphatic imine (C=N–C) groups is 1.